The highest BCUT2D eigenvalue weighted by atomic mass is 16.5. The van der Waals surface area contributed by atoms with Gasteiger partial charge in [0.15, 0.2) is 0 Å². The third kappa shape index (κ3) is 7.84. The fourth-order valence-electron chi connectivity index (χ4n) is 4.43. The summed E-state index contributed by atoms with van der Waals surface area (Å²) in [4.78, 5) is 24.1. The maximum atomic E-state index is 12.1. The van der Waals surface area contributed by atoms with Crippen LogP contribution in [0.15, 0.2) is 73.1 Å². The lowest BCUT2D eigenvalue weighted by Crippen LogP contribution is -2.12. The van der Waals surface area contributed by atoms with E-state index in [1.54, 1.807) is 14.2 Å². The summed E-state index contributed by atoms with van der Waals surface area (Å²) in [6.07, 6.45) is 3.97. The zero-order chi connectivity index (χ0) is 30.8. The number of nitrogens with zero attached hydrogens (tertiary/aromatic N) is 2. The SMILES string of the molecule is CCOC(=O)c1cc(-c2ccc(OC)cc2)cn1C(C)C.CCOC(=O)c1cc(-c2ccc(OC)cc2)cn1C(C)C. The Morgan fingerprint density at radius 1 is 0.595 bits per heavy atom. The molecule has 0 radical (unpaired) electrons. The molecule has 0 fully saturated rings. The zero-order valence-corrected chi connectivity index (χ0v) is 25.8. The standard InChI is InChI=1S/2C17H21NO3/c2*1-5-21-17(19)16-10-14(11-18(16)12(2)3)13-6-8-15(20-4)9-7-13/h2*6-12H,5H2,1-4H3. The molecule has 8 nitrogen and oxygen atoms in total. The highest BCUT2D eigenvalue weighted by Gasteiger charge is 2.18. The van der Waals surface area contributed by atoms with Gasteiger partial charge in [-0.1, -0.05) is 24.3 Å². The lowest BCUT2D eigenvalue weighted by molar-refractivity contribution is 0.0503. The van der Waals surface area contributed by atoms with E-state index in [1.165, 1.54) is 0 Å². The average molecular weight is 575 g/mol. The van der Waals surface area contributed by atoms with E-state index in [1.807, 2.05) is 124 Å². The van der Waals surface area contributed by atoms with Crippen LogP contribution in [0.2, 0.25) is 0 Å². The van der Waals surface area contributed by atoms with Crippen LogP contribution >= 0.6 is 0 Å². The van der Waals surface area contributed by atoms with Crippen LogP contribution in [0.25, 0.3) is 22.3 Å². The Hall–Kier alpha value is -4.46. The number of rotatable bonds is 10. The summed E-state index contributed by atoms with van der Waals surface area (Å²) in [7, 11) is 3.28. The molecule has 8 heteroatoms. The van der Waals surface area contributed by atoms with Gasteiger partial charge in [0.2, 0.25) is 0 Å². The third-order valence-corrected chi connectivity index (χ3v) is 6.63. The van der Waals surface area contributed by atoms with E-state index in [0.717, 1.165) is 33.8 Å². The van der Waals surface area contributed by atoms with Crippen LogP contribution in [0, 0.1) is 0 Å². The maximum Gasteiger partial charge on any atom is 0.354 e. The molecule has 2 aromatic carbocycles. The van der Waals surface area contributed by atoms with E-state index in [2.05, 4.69) is 0 Å². The number of carbonyl (C=O) groups excluding carboxylic acids is 2. The second-order valence-electron chi connectivity index (χ2n) is 10.1. The van der Waals surface area contributed by atoms with E-state index in [-0.39, 0.29) is 24.0 Å². The fraction of sp³-hybridized carbons (Fsp3) is 0.353. The second-order valence-corrected chi connectivity index (χ2v) is 10.1. The summed E-state index contributed by atoms with van der Waals surface area (Å²) in [6.45, 7) is 12.5. The van der Waals surface area contributed by atoms with Crippen molar-refractivity contribution in [3.63, 3.8) is 0 Å². The van der Waals surface area contributed by atoms with Crippen LogP contribution in [-0.2, 0) is 9.47 Å². The smallest absolute Gasteiger partial charge is 0.354 e. The summed E-state index contributed by atoms with van der Waals surface area (Å²) >= 11 is 0. The largest absolute Gasteiger partial charge is 0.497 e. The van der Waals surface area contributed by atoms with Gasteiger partial charge in [-0.3, -0.25) is 0 Å². The van der Waals surface area contributed by atoms with Crippen molar-refractivity contribution in [1.82, 2.24) is 9.13 Å². The van der Waals surface area contributed by atoms with Gasteiger partial charge in [-0.05, 0) is 89.1 Å². The van der Waals surface area contributed by atoms with Gasteiger partial charge >= 0.3 is 11.9 Å². The minimum Gasteiger partial charge on any atom is -0.497 e. The average Bonchev–Trinajstić information content (AvgIpc) is 3.64. The number of aromatic nitrogens is 2. The van der Waals surface area contributed by atoms with Crippen LogP contribution < -0.4 is 9.47 Å². The molecule has 0 saturated carbocycles. The molecule has 4 rings (SSSR count). The van der Waals surface area contributed by atoms with E-state index in [0.29, 0.717) is 24.6 Å². The van der Waals surface area contributed by atoms with Gasteiger partial charge in [0.1, 0.15) is 22.9 Å². The molecule has 0 unspecified atom stereocenters. The van der Waals surface area contributed by atoms with Crippen LogP contribution in [0.3, 0.4) is 0 Å². The Morgan fingerprint density at radius 3 is 1.19 bits per heavy atom. The highest BCUT2D eigenvalue weighted by Crippen LogP contribution is 2.28. The predicted molar refractivity (Wildman–Crippen MR) is 166 cm³/mol. The Balaban J connectivity index is 0.000000230. The van der Waals surface area contributed by atoms with Crippen molar-refractivity contribution in [2.45, 2.75) is 53.6 Å². The predicted octanol–water partition coefficient (Wildman–Crippen LogP) is 7.84. The second kappa shape index (κ2) is 15.0. The molecule has 0 aliphatic carbocycles. The van der Waals surface area contributed by atoms with Gasteiger partial charge in [0, 0.05) is 35.6 Å². The highest BCUT2D eigenvalue weighted by molar-refractivity contribution is 5.90. The van der Waals surface area contributed by atoms with Crippen molar-refractivity contribution in [3.8, 4) is 33.8 Å². The first-order valence-corrected chi connectivity index (χ1v) is 14.2. The topological polar surface area (TPSA) is 80.9 Å². The van der Waals surface area contributed by atoms with Gasteiger partial charge in [-0.25, -0.2) is 9.59 Å². The number of methoxy groups -OCH3 is 2. The maximum absolute atomic E-state index is 12.1. The Bertz CT molecular complexity index is 1330. The van der Waals surface area contributed by atoms with E-state index < -0.39 is 0 Å². The van der Waals surface area contributed by atoms with E-state index in [9.17, 15) is 9.59 Å². The number of benzene rings is 2. The number of esters is 2. The van der Waals surface area contributed by atoms with Crippen LogP contribution in [-0.4, -0.2) is 48.5 Å². The Kier molecular flexibility index (Phi) is 11.4. The number of ether oxygens (including phenoxy) is 4. The first-order valence-electron chi connectivity index (χ1n) is 14.2. The Labute approximate surface area is 248 Å². The monoisotopic (exact) mass is 574 g/mol. The van der Waals surface area contributed by atoms with Gasteiger partial charge in [0.05, 0.1) is 27.4 Å². The van der Waals surface area contributed by atoms with Crippen LogP contribution in [0.4, 0.5) is 0 Å². The molecule has 0 amide bonds. The minimum atomic E-state index is -0.286. The summed E-state index contributed by atoms with van der Waals surface area (Å²) in [6, 6.07) is 19.7. The first-order chi connectivity index (χ1) is 20.1. The van der Waals surface area contributed by atoms with Crippen molar-refractivity contribution in [3.05, 3.63) is 84.4 Å². The molecule has 0 N–H and O–H groups in total. The van der Waals surface area contributed by atoms with Crippen LogP contribution in [0.5, 0.6) is 11.5 Å². The quantitative estimate of drug-likeness (QED) is 0.180. The van der Waals surface area contributed by atoms with Crippen molar-refractivity contribution in [2.24, 2.45) is 0 Å². The summed E-state index contributed by atoms with van der Waals surface area (Å²) in [5, 5.41) is 0. The molecule has 0 spiro atoms. The molecule has 0 bridgehead atoms. The molecule has 224 valence electrons. The molecule has 0 atom stereocenters. The molecule has 0 aliphatic heterocycles. The summed E-state index contributed by atoms with van der Waals surface area (Å²) in [5.41, 5.74) is 5.24. The molecule has 0 aliphatic rings. The van der Waals surface area contributed by atoms with Gasteiger partial charge in [-0.2, -0.15) is 0 Å². The van der Waals surface area contributed by atoms with Crippen molar-refractivity contribution < 1.29 is 28.5 Å². The third-order valence-electron chi connectivity index (χ3n) is 6.63. The number of hydrogen-bond donors (Lipinski definition) is 0. The minimum absolute atomic E-state index is 0.191. The van der Waals surface area contributed by atoms with Crippen molar-refractivity contribution >= 4 is 11.9 Å². The fourth-order valence-corrected chi connectivity index (χ4v) is 4.43. The molecule has 42 heavy (non-hydrogen) atoms. The number of hydrogen-bond acceptors (Lipinski definition) is 6. The lowest BCUT2D eigenvalue weighted by Gasteiger charge is -2.11. The van der Waals surface area contributed by atoms with Gasteiger partial charge in [-0.15, -0.1) is 0 Å². The molecule has 2 heterocycles. The summed E-state index contributed by atoms with van der Waals surface area (Å²) in [5.74, 6) is 1.05. The molecule has 2 aromatic heterocycles. The van der Waals surface area contributed by atoms with Crippen molar-refractivity contribution in [1.29, 1.82) is 0 Å². The van der Waals surface area contributed by atoms with Gasteiger partial charge < -0.3 is 28.1 Å². The Morgan fingerprint density at radius 2 is 0.929 bits per heavy atom. The molecular weight excluding hydrogens is 532 g/mol. The van der Waals surface area contributed by atoms with Gasteiger partial charge in [0.25, 0.3) is 0 Å². The molecule has 0 saturated heterocycles. The summed E-state index contributed by atoms with van der Waals surface area (Å²) < 4.78 is 24.5. The van der Waals surface area contributed by atoms with E-state index in [4.69, 9.17) is 18.9 Å². The molecular formula is C34H42N2O6. The normalized spacial score (nSPS) is 10.7. The lowest BCUT2D eigenvalue weighted by atomic mass is 10.1. The first kappa shape index (κ1) is 32.1. The van der Waals surface area contributed by atoms with E-state index >= 15 is 0 Å². The molecule has 4 aromatic rings. The van der Waals surface area contributed by atoms with Crippen LogP contribution in [0.1, 0.15) is 74.6 Å². The zero-order valence-electron chi connectivity index (χ0n) is 25.8. The van der Waals surface area contributed by atoms with Crippen molar-refractivity contribution in [2.75, 3.05) is 27.4 Å². The number of carbonyl (C=O) groups is 2.